The Bertz CT molecular complexity index is 640. The van der Waals surface area contributed by atoms with Crippen molar-refractivity contribution < 1.29 is 19.1 Å². The highest BCUT2D eigenvalue weighted by Gasteiger charge is 2.24. The summed E-state index contributed by atoms with van der Waals surface area (Å²) < 4.78 is 5.07. The number of amides is 3. The molecule has 1 aromatic rings. The molecule has 0 aliphatic carbocycles. The van der Waals surface area contributed by atoms with Crippen LogP contribution in [0.15, 0.2) is 24.3 Å². The Kier molecular flexibility index (Phi) is 10.1. The number of hydrogen-bond donors (Lipinski definition) is 2. The minimum atomic E-state index is -0.343. The van der Waals surface area contributed by atoms with Gasteiger partial charge in [-0.2, -0.15) is 0 Å². The molecular weight excluding hydrogens is 358 g/mol. The standard InChI is InChI=1S/C21H33N3O4/c1-6-16(7-2)21(27)24(13-15(3)4)14-20(26)22-12-19(25)23-17-8-10-18(28-5)11-9-17/h8-11,15-16H,6-7,12-14H2,1-5H3,(H,22,26)(H,23,25). The molecule has 0 bridgehead atoms. The van der Waals surface area contributed by atoms with Crippen molar-refractivity contribution in [3.8, 4) is 5.75 Å². The van der Waals surface area contributed by atoms with Crippen molar-refractivity contribution in [1.82, 2.24) is 10.2 Å². The van der Waals surface area contributed by atoms with Gasteiger partial charge in [0.2, 0.25) is 17.7 Å². The molecule has 1 rings (SSSR count). The van der Waals surface area contributed by atoms with E-state index in [2.05, 4.69) is 10.6 Å². The van der Waals surface area contributed by atoms with E-state index in [0.717, 1.165) is 12.8 Å². The summed E-state index contributed by atoms with van der Waals surface area (Å²) in [5.41, 5.74) is 0.616. The normalized spacial score (nSPS) is 10.7. The SMILES string of the molecule is CCC(CC)C(=O)N(CC(=O)NCC(=O)Nc1ccc(OC)cc1)CC(C)C. The molecule has 0 saturated heterocycles. The van der Waals surface area contributed by atoms with Gasteiger partial charge in [0.05, 0.1) is 20.2 Å². The third-order valence-corrected chi connectivity index (χ3v) is 4.39. The maximum absolute atomic E-state index is 12.7. The third-order valence-electron chi connectivity index (χ3n) is 4.39. The molecule has 1 aromatic carbocycles. The third kappa shape index (κ3) is 7.98. The molecule has 0 saturated carbocycles. The van der Waals surface area contributed by atoms with E-state index >= 15 is 0 Å². The highest BCUT2D eigenvalue weighted by molar-refractivity contribution is 5.95. The Balaban J connectivity index is 2.56. The average Bonchev–Trinajstić information content (AvgIpc) is 2.67. The topological polar surface area (TPSA) is 87.7 Å². The van der Waals surface area contributed by atoms with Crippen LogP contribution < -0.4 is 15.4 Å². The van der Waals surface area contributed by atoms with Crippen LogP contribution in [0.3, 0.4) is 0 Å². The fourth-order valence-electron chi connectivity index (χ4n) is 2.86. The maximum Gasteiger partial charge on any atom is 0.243 e. The molecule has 0 radical (unpaired) electrons. The number of anilines is 1. The fourth-order valence-corrected chi connectivity index (χ4v) is 2.86. The quantitative estimate of drug-likeness (QED) is 0.607. The monoisotopic (exact) mass is 391 g/mol. The zero-order valence-electron chi connectivity index (χ0n) is 17.6. The van der Waals surface area contributed by atoms with Crippen molar-refractivity contribution in [2.45, 2.75) is 40.5 Å². The first-order chi connectivity index (χ1) is 13.3. The van der Waals surface area contributed by atoms with Crippen molar-refractivity contribution in [2.24, 2.45) is 11.8 Å². The summed E-state index contributed by atoms with van der Waals surface area (Å²) >= 11 is 0. The zero-order valence-corrected chi connectivity index (χ0v) is 17.6. The van der Waals surface area contributed by atoms with Crippen LogP contribution in [0.2, 0.25) is 0 Å². The molecule has 0 unspecified atom stereocenters. The number of nitrogens with one attached hydrogen (secondary N) is 2. The van der Waals surface area contributed by atoms with Gasteiger partial charge in [-0.15, -0.1) is 0 Å². The molecule has 0 fully saturated rings. The van der Waals surface area contributed by atoms with E-state index < -0.39 is 0 Å². The van der Waals surface area contributed by atoms with E-state index in [-0.39, 0.29) is 42.6 Å². The Morgan fingerprint density at radius 1 is 1.04 bits per heavy atom. The van der Waals surface area contributed by atoms with E-state index in [9.17, 15) is 14.4 Å². The van der Waals surface area contributed by atoms with Crippen LogP contribution in [0, 0.1) is 11.8 Å². The molecule has 0 aromatic heterocycles. The second-order valence-electron chi connectivity index (χ2n) is 7.18. The van der Waals surface area contributed by atoms with Crippen LogP contribution in [-0.2, 0) is 14.4 Å². The van der Waals surface area contributed by atoms with Crippen molar-refractivity contribution in [2.75, 3.05) is 32.1 Å². The summed E-state index contributed by atoms with van der Waals surface area (Å²) in [6, 6.07) is 6.91. The van der Waals surface area contributed by atoms with E-state index in [4.69, 9.17) is 4.74 Å². The van der Waals surface area contributed by atoms with Gasteiger partial charge in [-0.25, -0.2) is 0 Å². The summed E-state index contributed by atoms with van der Waals surface area (Å²) in [5, 5.41) is 5.29. The van der Waals surface area contributed by atoms with Gasteiger partial charge in [0.25, 0.3) is 0 Å². The number of hydrogen-bond acceptors (Lipinski definition) is 4. The molecule has 3 amide bonds. The molecule has 7 heteroatoms. The number of methoxy groups -OCH3 is 1. The van der Waals surface area contributed by atoms with E-state index in [1.54, 1.807) is 36.3 Å². The lowest BCUT2D eigenvalue weighted by atomic mass is 10.0. The minimum Gasteiger partial charge on any atom is -0.497 e. The highest BCUT2D eigenvalue weighted by atomic mass is 16.5. The van der Waals surface area contributed by atoms with E-state index in [1.165, 1.54) is 0 Å². The molecule has 0 aliphatic heterocycles. The second kappa shape index (κ2) is 12.0. The lowest BCUT2D eigenvalue weighted by Crippen LogP contribution is -2.46. The van der Waals surface area contributed by atoms with Crippen LogP contribution in [0.5, 0.6) is 5.75 Å². The van der Waals surface area contributed by atoms with Gasteiger partial charge in [0.15, 0.2) is 0 Å². The number of carbonyl (C=O) groups is 3. The lowest BCUT2D eigenvalue weighted by Gasteiger charge is -2.27. The molecule has 7 nitrogen and oxygen atoms in total. The molecule has 2 N–H and O–H groups in total. The van der Waals surface area contributed by atoms with Crippen molar-refractivity contribution >= 4 is 23.4 Å². The van der Waals surface area contributed by atoms with E-state index in [0.29, 0.717) is 18.0 Å². The molecule has 0 atom stereocenters. The van der Waals surface area contributed by atoms with Crippen LogP contribution in [0.4, 0.5) is 5.69 Å². The molecular formula is C21H33N3O4. The van der Waals surface area contributed by atoms with Gasteiger partial charge >= 0.3 is 0 Å². The Hall–Kier alpha value is -2.57. The summed E-state index contributed by atoms with van der Waals surface area (Å²) in [4.78, 5) is 38.6. The van der Waals surface area contributed by atoms with Crippen LogP contribution in [0.25, 0.3) is 0 Å². The van der Waals surface area contributed by atoms with Gasteiger partial charge in [-0.3, -0.25) is 14.4 Å². The Labute approximate surface area is 167 Å². The predicted molar refractivity (Wildman–Crippen MR) is 110 cm³/mol. The van der Waals surface area contributed by atoms with Crippen molar-refractivity contribution in [1.29, 1.82) is 0 Å². The second-order valence-corrected chi connectivity index (χ2v) is 7.18. The van der Waals surface area contributed by atoms with Gasteiger partial charge in [-0.05, 0) is 43.0 Å². The van der Waals surface area contributed by atoms with Crippen LogP contribution in [-0.4, -0.2) is 49.4 Å². The lowest BCUT2D eigenvalue weighted by molar-refractivity contribution is -0.140. The molecule has 156 valence electrons. The number of nitrogens with zero attached hydrogens (tertiary/aromatic N) is 1. The smallest absolute Gasteiger partial charge is 0.243 e. The molecule has 28 heavy (non-hydrogen) atoms. The number of carbonyl (C=O) groups excluding carboxylic acids is 3. The van der Waals surface area contributed by atoms with Gasteiger partial charge in [0, 0.05) is 18.2 Å². The van der Waals surface area contributed by atoms with Gasteiger partial charge in [0.1, 0.15) is 5.75 Å². The molecule has 0 aliphatic rings. The van der Waals surface area contributed by atoms with Crippen molar-refractivity contribution in [3.05, 3.63) is 24.3 Å². The first-order valence-corrected chi connectivity index (χ1v) is 9.80. The Morgan fingerprint density at radius 3 is 2.14 bits per heavy atom. The summed E-state index contributed by atoms with van der Waals surface area (Å²) in [5.74, 6) is 0.190. The summed E-state index contributed by atoms with van der Waals surface area (Å²) in [6.07, 6.45) is 1.49. The zero-order chi connectivity index (χ0) is 21.1. The first-order valence-electron chi connectivity index (χ1n) is 9.80. The summed E-state index contributed by atoms with van der Waals surface area (Å²) in [7, 11) is 1.57. The fraction of sp³-hybridized carbons (Fsp3) is 0.571. The van der Waals surface area contributed by atoms with Gasteiger partial charge in [-0.1, -0.05) is 27.7 Å². The number of benzene rings is 1. The number of ether oxygens (including phenoxy) is 1. The predicted octanol–water partition coefficient (Wildman–Crippen LogP) is 2.67. The highest BCUT2D eigenvalue weighted by Crippen LogP contribution is 2.15. The summed E-state index contributed by atoms with van der Waals surface area (Å²) in [6.45, 7) is 8.29. The minimum absolute atomic E-state index is 0.00321. The van der Waals surface area contributed by atoms with E-state index in [1.807, 2.05) is 27.7 Å². The van der Waals surface area contributed by atoms with Crippen LogP contribution in [0.1, 0.15) is 40.5 Å². The number of rotatable bonds is 11. The van der Waals surface area contributed by atoms with Gasteiger partial charge < -0.3 is 20.3 Å². The molecule has 0 heterocycles. The first kappa shape index (κ1) is 23.5. The Morgan fingerprint density at radius 2 is 1.64 bits per heavy atom. The van der Waals surface area contributed by atoms with Crippen molar-refractivity contribution in [3.63, 3.8) is 0 Å². The molecule has 0 spiro atoms. The average molecular weight is 392 g/mol. The maximum atomic E-state index is 12.7. The van der Waals surface area contributed by atoms with Crippen LogP contribution >= 0.6 is 0 Å². The largest absolute Gasteiger partial charge is 0.497 e.